The number of hydrogen-bond acceptors (Lipinski definition) is 4. The number of nitrogens with one attached hydrogen (secondary N) is 3. The molecule has 0 aromatic heterocycles. The zero-order chi connectivity index (χ0) is 21.9. The van der Waals surface area contributed by atoms with Crippen LogP contribution < -0.4 is 20.7 Å². The van der Waals surface area contributed by atoms with Crippen LogP contribution in [0.1, 0.15) is 34.3 Å². The van der Waals surface area contributed by atoms with Gasteiger partial charge in [-0.2, -0.15) is 0 Å². The number of carbonyl (C=O) groups is 1. The standard InChI is InChI=1S/C24H33N5O2/c1-25-24(27-14-13-26-23(30)21-9-11-22(31-2)12-10-21)28-17-19-5-7-20(8-6-19)18-29-15-3-4-16-29/h5-12H,3-4,13-18H2,1-2H3,(H,26,30)(H2,25,27,28). The minimum absolute atomic E-state index is 0.110. The molecular weight excluding hydrogens is 390 g/mol. The maximum absolute atomic E-state index is 12.2. The largest absolute Gasteiger partial charge is 0.497 e. The van der Waals surface area contributed by atoms with Crippen LogP contribution in [0.2, 0.25) is 0 Å². The van der Waals surface area contributed by atoms with Crippen molar-refractivity contribution in [2.24, 2.45) is 4.99 Å². The number of nitrogens with zero attached hydrogens (tertiary/aromatic N) is 2. The molecule has 0 saturated carbocycles. The molecule has 3 N–H and O–H groups in total. The first kappa shape index (κ1) is 22.6. The number of likely N-dealkylation sites (tertiary alicyclic amines) is 1. The van der Waals surface area contributed by atoms with Crippen molar-refractivity contribution in [2.45, 2.75) is 25.9 Å². The number of hydrogen-bond donors (Lipinski definition) is 3. The third-order valence-electron chi connectivity index (χ3n) is 5.37. The molecule has 1 aliphatic rings. The summed E-state index contributed by atoms with van der Waals surface area (Å²) in [6.45, 7) is 5.24. The first-order chi connectivity index (χ1) is 15.2. The van der Waals surface area contributed by atoms with Gasteiger partial charge in [-0.25, -0.2) is 0 Å². The maximum atomic E-state index is 12.2. The number of aliphatic imine (C=N–C) groups is 1. The van der Waals surface area contributed by atoms with Crippen molar-refractivity contribution in [1.82, 2.24) is 20.9 Å². The van der Waals surface area contributed by atoms with Crippen LogP contribution in [0.25, 0.3) is 0 Å². The quantitative estimate of drug-likeness (QED) is 0.328. The second kappa shape index (κ2) is 12.0. The minimum atomic E-state index is -0.110. The number of ether oxygens (including phenoxy) is 1. The summed E-state index contributed by atoms with van der Waals surface area (Å²) in [5.74, 6) is 1.33. The molecule has 166 valence electrons. The lowest BCUT2D eigenvalue weighted by molar-refractivity contribution is 0.0954. The van der Waals surface area contributed by atoms with Gasteiger partial charge >= 0.3 is 0 Å². The predicted octanol–water partition coefficient (Wildman–Crippen LogP) is 2.39. The van der Waals surface area contributed by atoms with Gasteiger partial charge in [0.05, 0.1) is 7.11 Å². The van der Waals surface area contributed by atoms with Crippen LogP contribution in [-0.4, -0.2) is 57.1 Å². The van der Waals surface area contributed by atoms with Crippen LogP contribution in [0.15, 0.2) is 53.5 Å². The van der Waals surface area contributed by atoms with Gasteiger partial charge in [0.15, 0.2) is 5.96 Å². The molecule has 7 nitrogen and oxygen atoms in total. The summed E-state index contributed by atoms with van der Waals surface area (Å²) in [6, 6.07) is 15.8. The number of amides is 1. The average Bonchev–Trinajstić information content (AvgIpc) is 3.32. The Labute approximate surface area is 184 Å². The van der Waals surface area contributed by atoms with Gasteiger partial charge in [0.1, 0.15) is 5.75 Å². The van der Waals surface area contributed by atoms with E-state index in [0.717, 1.165) is 12.3 Å². The third-order valence-corrected chi connectivity index (χ3v) is 5.37. The molecular formula is C24H33N5O2. The summed E-state index contributed by atoms with van der Waals surface area (Å²) in [7, 11) is 3.34. The van der Waals surface area contributed by atoms with Gasteiger partial charge in [-0.05, 0) is 61.3 Å². The molecule has 0 aliphatic carbocycles. The number of carbonyl (C=O) groups excluding carboxylic acids is 1. The van der Waals surface area contributed by atoms with E-state index in [1.165, 1.54) is 37.1 Å². The predicted molar refractivity (Wildman–Crippen MR) is 124 cm³/mol. The Kier molecular flexibility index (Phi) is 8.72. The lowest BCUT2D eigenvalue weighted by Crippen LogP contribution is -2.41. The molecule has 7 heteroatoms. The molecule has 2 aromatic carbocycles. The van der Waals surface area contributed by atoms with Gasteiger partial charge in [-0.3, -0.25) is 14.7 Å². The monoisotopic (exact) mass is 423 g/mol. The van der Waals surface area contributed by atoms with Gasteiger partial charge < -0.3 is 20.7 Å². The number of rotatable bonds is 9. The van der Waals surface area contributed by atoms with Crippen LogP contribution in [0.3, 0.4) is 0 Å². The number of benzene rings is 2. The molecule has 1 fully saturated rings. The summed E-state index contributed by atoms with van der Waals surface area (Å²) < 4.78 is 5.11. The highest BCUT2D eigenvalue weighted by Crippen LogP contribution is 2.13. The van der Waals surface area contributed by atoms with Crippen LogP contribution in [-0.2, 0) is 13.1 Å². The fourth-order valence-corrected chi connectivity index (χ4v) is 3.57. The van der Waals surface area contributed by atoms with E-state index in [-0.39, 0.29) is 5.91 Å². The summed E-state index contributed by atoms with van der Waals surface area (Å²) >= 11 is 0. The molecule has 1 aliphatic heterocycles. The van der Waals surface area contributed by atoms with Crippen molar-refractivity contribution in [3.8, 4) is 5.75 Å². The molecule has 31 heavy (non-hydrogen) atoms. The van der Waals surface area contributed by atoms with Gasteiger partial charge in [-0.1, -0.05) is 24.3 Å². The van der Waals surface area contributed by atoms with Crippen molar-refractivity contribution in [3.05, 3.63) is 65.2 Å². The summed E-state index contributed by atoms with van der Waals surface area (Å²) in [5.41, 5.74) is 3.18. The summed E-state index contributed by atoms with van der Waals surface area (Å²) in [5, 5.41) is 9.43. The molecule has 0 unspecified atom stereocenters. The van der Waals surface area contributed by atoms with Gasteiger partial charge in [0.25, 0.3) is 5.91 Å². The molecule has 2 aromatic rings. The fourth-order valence-electron chi connectivity index (χ4n) is 3.57. The lowest BCUT2D eigenvalue weighted by Gasteiger charge is -2.15. The van der Waals surface area contributed by atoms with E-state index in [1.807, 2.05) is 0 Å². The van der Waals surface area contributed by atoms with Crippen LogP contribution in [0.4, 0.5) is 0 Å². The SMILES string of the molecule is CN=C(NCCNC(=O)c1ccc(OC)cc1)NCc1ccc(CN2CCCC2)cc1. The topological polar surface area (TPSA) is 78.0 Å². The molecule has 0 radical (unpaired) electrons. The second-order valence-electron chi connectivity index (χ2n) is 7.64. The lowest BCUT2D eigenvalue weighted by atomic mass is 10.1. The van der Waals surface area contributed by atoms with E-state index in [0.29, 0.717) is 31.2 Å². The third kappa shape index (κ3) is 7.29. The first-order valence-corrected chi connectivity index (χ1v) is 10.8. The van der Waals surface area contributed by atoms with E-state index in [1.54, 1.807) is 38.4 Å². The van der Waals surface area contributed by atoms with Crippen LogP contribution in [0.5, 0.6) is 5.75 Å². The Morgan fingerprint density at radius 2 is 1.58 bits per heavy atom. The Morgan fingerprint density at radius 1 is 0.935 bits per heavy atom. The summed E-state index contributed by atoms with van der Waals surface area (Å²) in [4.78, 5) is 18.9. The van der Waals surface area contributed by atoms with Crippen molar-refractivity contribution in [3.63, 3.8) is 0 Å². The Bertz CT molecular complexity index is 843. The van der Waals surface area contributed by atoms with E-state index in [4.69, 9.17) is 4.74 Å². The maximum Gasteiger partial charge on any atom is 0.251 e. The van der Waals surface area contributed by atoms with E-state index < -0.39 is 0 Å². The highest BCUT2D eigenvalue weighted by atomic mass is 16.5. The Balaban J connectivity index is 1.34. The molecule has 1 saturated heterocycles. The van der Waals surface area contributed by atoms with E-state index in [9.17, 15) is 4.79 Å². The molecule has 1 heterocycles. The Morgan fingerprint density at radius 3 is 2.23 bits per heavy atom. The molecule has 0 atom stereocenters. The van der Waals surface area contributed by atoms with E-state index >= 15 is 0 Å². The highest BCUT2D eigenvalue weighted by molar-refractivity contribution is 5.94. The van der Waals surface area contributed by atoms with Crippen molar-refractivity contribution in [2.75, 3.05) is 40.3 Å². The van der Waals surface area contributed by atoms with Crippen molar-refractivity contribution < 1.29 is 9.53 Å². The van der Waals surface area contributed by atoms with E-state index in [2.05, 4.69) is 50.1 Å². The van der Waals surface area contributed by atoms with Gasteiger partial charge in [-0.15, -0.1) is 0 Å². The summed E-state index contributed by atoms with van der Waals surface area (Å²) in [6.07, 6.45) is 2.64. The molecule has 0 bridgehead atoms. The van der Waals surface area contributed by atoms with Crippen molar-refractivity contribution >= 4 is 11.9 Å². The number of methoxy groups -OCH3 is 1. The van der Waals surface area contributed by atoms with Gasteiger partial charge in [0, 0.05) is 38.8 Å². The highest BCUT2D eigenvalue weighted by Gasteiger charge is 2.11. The second-order valence-corrected chi connectivity index (χ2v) is 7.64. The average molecular weight is 424 g/mol. The fraction of sp³-hybridized carbons (Fsp3) is 0.417. The van der Waals surface area contributed by atoms with Gasteiger partial charge in [0.2, 0.25) is 0 Å². The smallest absolute Gasteiger partial charge is 0.251 e. The Hall–Kier alpha value is -3.06. The first-order valence-electron chi connectivity index (χ1n) is 10.8. The zero-order valence-corrected chi connectivity index (χ0v) is 18.5. The zero-order valence-electron chi connectivity index (χ0n) is 18.5. The normalized spacial score (nSPS) is 14.3. The molecule has 0 spiro atoms. The van der Waals surface area contributed by atoms with Crippen LogP contribution in [0, 0.1) is 0 Å². The molecule has 3 rings (SSSR count). The minimum Gasteiger partial charge on any atom is -0.497 e. The number of guanidine groups is 1. The molecule has 1 amide bonds. The van der Waals surface area contributed by atoms with Crippen LogP contribution >= 0.6 is 0 Å². The van der Waals surface area contributed by atoms with Crippen molar-refractivity contribution in [1.29, 1.82) is 0 Å².